The van der Waals surface area contributed by atoms with Gasteiger partial charge in [-0.15, -0.1) is 0 Å². The average molecular weight is 529 g/mol. The lowest BCUT2D eigenvalue weighted by atomic mass is 9.79. The van der Waals surface area contributed by atoms with Crippen LogP contribution in [0.25, 0.3) is 10.9 Å². The quantitative estimate of drug-likeness (QED) is 0.329. The van der Waals surface area contributed by atoms with E-state index in [-0.39, 0.29) is 30.0 Å². The highest BCUT2D eigenvalue weighted by Crippen LogP contribution is 2.49. The van der Waals surface area contributed by atoms with E-state index >= 15 is 0 Å². The Morgan fingerprint density at radius 1 is 1.05 bits per heavy atom. The number of hydrogen-bond donors (Lipinski definition) is 3. The fraction of sp³-hybridized carbons (Fsp3) is 0.429. The van der Waals surface area contributed by atoms with Gasteiger partial charge in [0.05, 0.1) is 18.7 Å². The molecule has 202 valence electrons. The average Bonchev–Trinajstić information content (AvgIpc) is 3.28. The summed E-state index contributed by atoms with van der Waals surface area (Å²) in [7, 11) is 1.37. The summed E-state index contributed by atoms with van der Waals surface area (Å²) in [5.74, 6) is -0.472. The van der Waals surface area contributed by atoms with Gasteiger partial charge in [0.25, 0.3) is 0 Å². The predicted octanol–water partition coefficient (Wildman–Crippen LogP) is 4.26. The van der Waals surface area contributed by atoms with Gasteiger partial charge in [0, 0.05) is 55.1 Å². The Morgan fingerprint density at radius 2 is 1.76 bits per heavy atom. The molecule has 5 rings (SSSR count). The van der Waals surface area contributed by atoms with E-state index in [9.17, 15) is 22.8 Å². The number of aromatic amines is 1. The minimum absolute atomic E-state index is 0.00737. The number of methoxy groups -OCH3 is 1. The van der Waals surface area contributed by atoms with Gasteiger partial charge >= 0.3 is 12.1 Å². The highest BCUT2D eigenvalue weighted by atomic mass is 19.4. The second kappa shape index (κ2) is 10.4. The lowest BCUT2D eigenvalue weighted by Gasteiger charge is -2.50. The lowest BCUT2D eigenvalue weighted by Crippen LogP contribution is -2.56. The number of alkyl halides is 3. The number of amides is 1. The van der Waals surface area contributed by atoms with Crippen LogP contribution in [-0.2, 0) is 26.9 Å². The zero-order valence-electron chi connectivity index (χ0n) is 21.3. The third-order valence-electron chi connectivity index (χ3n) is 7.70. The molecule has 1 saturated heterocycles. The van der Waals surface area contributed by atoms with Crippen LogP contribution in [0.15, 0.2) is 48.5 Å². The number of carbonyl (C=O) groups excluding carboxylic acids is 2. The van der Waals surface area contributed by atoms with Crippen LogP contribution in [0.5, 0.6) is 0 Å². The van der Waals surface area contributed by atoms with Gasteiger partial charge in [-0.05, 0) is 42.2 Å². The van der Waals surface area contributed by atoms with Crippen molar-refractivity contribution in [1.29, 1.82) is 0 Å². The van der Waals surface area contributed by atoms with Gasteiger partial charge < -0.3 is 20.4 Å². The Morgan fingerprint density at radius 3 is 2.45 bits per heavy atom. The maximum absolute atomic E-state index is 13.3. The molecule has 4 unspecified atom stereocenters. The number of esters is 1. The molecule has 0 spiro atoms. The molecule has 7 nitrogen and oxygen atoms in total. The van der Waals surface area contributed by atoms with Crippen LogP contribution in [0, 0.1) is 0 Å². The van der Waals surface area contributed by atoms with Crippen molar-refractivity contribution >= 4 is 22.8 Å². The third kappa shape index (κ3) is 5.02. The van der Waals surface area contributed by atoms with Crippen molar-refractivity contribution in [2.45, 2.75) is 56.5 Å². The zero-order chi connectivity index (χ0) is 27.0. The Balaban J connectivity index is 1.55. The van der Waals surface area contributed by atoms with Crippen molar-refractivity contribution < 1.29 is 27.5 Å². The molecule has 0 aliphatic carbocycles. The number of piperidine rings is 1. The molecule has 3 N–H and O–H groups in total. The minimum atomic E-state index is -4.43. The highest BCUT2D eigenvalue weighted by Gasteiger charge is 2.48. The van der Waals surface area contributed by atoms with Gasteiger partial charge in [0.2, 0.25) is 5.91 Å². The van der Waals surface area contributed by atoms with Crippen LogP contribution in [0.4, 0.5) is 13.2 Å². The summed E-state index contributed by atoms with van der Waals surface area (Å²) in [5.41, 5.74) is 3.08. The van der Waals surface area contributed by atoms with E-state index in [2.05, 4.69) is 20.5 Å². The van der Waals surface area contributed by atoms with E-state index in [0.717, 1.165) is 34.3 Å². The topological polar surface area (TPSA) is 86.5 Å². The van der Waals surface area contributed by atoms with E-state index in [1.165, 1.54) is 26.2 Å². The second-order valence-corrected chi connectivity index (χ2v) is 10.0. The molecule has 10 heteroatoms. The molecule has 3 aromatic rings. The minimum Gasteiger partial charge on any atom is -0.468 e. The summed E-state index contributed by atoms with van der Waals surface area (Å²) in [6.45, 7) is 2.48. The molecule has 2 aliphatic heterocycles. The summed E-state index contributed by atoms with van der Waals surface area (Å²) < 4.78 is 45.1. The fourth-order valence-electron chi connectivity index (χ4n) is 6.05. The number of para-hydroxylation sites is 1. The molecule has 4 atom stereocenters. The van der Waals surface area contributed by atoms with Crippen LogP contribution in [0.3, 0.4) is 0 Å². The molecule has 0 saturated carbocycles. The van der Waals surface area contributed by atoms with E-state index in [0.29, 0.717) is 37.9 Å². The van der Waals surface area contributed by atoms with Crippen molar-refractivity contribution in [3.63, 3.8) is 0 Å². The van der Waals surface area contributed by atoms with Crippen LogP contribution in [0.2, 0.25) is 0 Å². The number of fused-ring (bicyclic) bond motifs is 5. The Hall–Kier alpha value is -3.37. The lowest BCUT2D eigenvalue weighted by molar-refractivity contribution is -0.152. The molecule has 1 aromatic heterocycles. The molecule has 1 amide bonds. The van der Waals surface area contributed by atoms with Gasteiger partial charge in [-0.3, -0.25) is 14.5 Å². The van der Waals surface area contributed by atoms with Crippen molar-refractivity contribution in [3.8, 4) is 0 Å². The number of aromatic nitrogens is 1. The van der Waals surface area contributed by atoms with Crippen molar-refractivity contribution in [2.75, 3.05) is 20.2 Å². The first-order valence-electron chi connectivity index (χ1n) is 12.8. The number of ether oxygens (including phenoxy) is 1. The molecule has 38 heavy (non-hydrogen) atoms. The van der Waals surface area contributed by atoms with Crippen molar-refractivity contribution in [2.24, 2.45) is 0 Å². The van der Waals surface area contributed by atoms with Gasteiger partial charge in [-0.2, -0.15) is 13.2 Å². The zero-order valence-corrected chi connectivity index (χ0v) is 21.3. The number of nitrogens with one attached hydrogen (secondary N) is 3. The smallest absolute Gasteiger partial charge is 0.416 e. The molecular weight excluding hydrogens is 497 g/mol. The maximum Gasteiger partial charge on any atom is 0.416 e. The summed E-state index contributed by atoms with van der Waals surface area (Å²) in [6.07, 6.45) is -2.71. The number of carbonyl (C=O) groups is 2. The summed E-state index contributed by atoms with van der Waals surface area (Å²) in [5, 5.41) is 7.36. The first-order valence-corrected chi connectivity index (χ1v) is 12.8. The van der Waals surface area contributed by atoms with Crippen LogP contribution >= 0.6 is 0 Å². The number of rotatable bonds is 6. The van der Waals surface area contributed by atoms with Gasteiger partial charge in [0.15, 0.2) is 0 Å². The first kappa shape index (κ1) is 26.2. The highest BCUT2D eigenvalue weighted by molar-refractivity contribution is 5.87. The van der Waals surface area contributed by atoms with E-state index in [1.54, 1.807) is 0 Å². The summed E-state index contributed by atoms with van der Waals surface area (Å²) >= 11 is 0. The predicted molar refractivity (Wildman–Crippen MR) is 136 cm³/mol. The summed E-state index contributed by atoms with van der Waals surface area (Å²) in [4.78, 5) is 30.1. The Kier molecular flexibility index (Phi) is 7.19. The van der Waals surface area contributed by atoms with Crippen molar-refractivity contribution in [3.05, 3.63) is 70.9 Å². The van der Waals surface area contributed by atoms with Gasteiger partial charge in [0.1, 0.15) is 6.04 Å². The molecule has 3 heterocycles. The van der Waals surface area contributed by atoms with Gasteiger partial charge in [-0.25, -0.2) is 0 Å². The number of nitrogens with zero attached hydrogens (tertiary/aromatic N) is 1. The van der Waals surface area contributed by atoms with Crippen molar-refractivity contribution in [1.82, 2.24) is 20.5 Å². The number of halogens is 3. The number of hydrogen-bond acceptors (Lipinski definition) is 5. The number of H-pyrrole nitrogens is 1. The second-order valence-electron chi connectivity index (χ2n) is 10.0. The monoisotopic (exact) mass is 528 g/mol. The first-order chi connectivity index (χ1) is 18.2. The summed E-state index contributed by atoms with van der Waals surface area (Å²) in [6, 6.07) is 12.1. The van der Waals surface area contributed by atoms with Gasteiger partial charge in [-0.1, -0.05) is 30.3 Å². The maximum atomic E-state index is 13.3. The molecular formula is C28H31F3N4O3. The third-order valence-corrected chi connectivity index (χ3v) is 7.70. The largest absolute Gasteiger partial charge is 0.468 e. The molecule has 0 radical (unpaired) electrons. The molecule has 1 fully saturated rings. The fourth-order valence-corrected chi connectivity index (χ4v) is 6.05. The van der Waals surface area contributed by atoms with Crippen LogP contribution < -0.4 is 10.6 Å². The normalized spacial score (nSPS) is 23.5. The van der Waals surface area contributed by atoms with E-state index in [4.69, 9.17) is 4.74 Å². The molecule has 2 aliphatic rings. The number of benzene rings is 2. The molecule has 0 bridgehead atoms. The Labute approximate surface area is 218 Å². The van der Waals surface area contributed by atoms with E-state index < -0.39 is 17.8 Å². The Bertz CT molecular complexity index is 1320. The SMILES string of the molecule is COC(=O)C1Cc2c([nH]c3ccccc23)C2CC(NCCNC(C)=O)CC(c3ccc(C(F)(F)F)cc3)N12. The molecule has 2 aromatic carbocycles. The van der Waals surface area contributed by atoms with E-state index in [1.807, 2.05) is 24.3 Å². The van der Waals surface area contributed by atoms with Crippen LogP contribution in [0.1, 0.15) is 54.2 Å². The standard InChI is InChI=1S/C28H31F3N4O3/c1-16(36)32-11-12-33-19-13-23(17-7-9-18(10-8-17)28(29,30)31)35-24(14-19)26-21(15-25(35)27(37)38-2)20-5-3-4-6-22(20)34-26/h3-10,19,23-25,33-34H,11-15H2,1-2H3,(H,32,36). The van der Waals surface area contributed by atoms with Crippen LogP contribution in [-0.4, -0.2) is 54.0 Å².